The van der Waals surface area contributed by atoms with E-state index in [1.165, 1.54) is 36.2 Å². The SMILES string of the molecule is O=c1ccnc(SCc2noc(-c3ccc(F)cc3)n2)[nH]1. The number of aromatic nitrogens is 4. The zero-order valence-electron chi connectivity index (χ0n) is 10.6. The van der Waals surface area contributed by atoms with E-state index in [9.17, 15) is 9.18 Å². The molecule has 2 aromatic heterocycles. The van der Waals surface area contributed by atoms with Gasteiger partial charge >= 0.3 is 0 Å². The van der Waals surface area contributed by atoms with Crippen molar-refractivity contribution < 1.29 is 8.91 Å². The molecule has 6 nitrogen and oxygen atoms in total. The summed E-state index contributed by atoms with van der Waals surface area (Å²) in [6, 6.07) is 7.12. The van der Waals surface area contributed by atoms with Crippen LogP contribution in [0.2, 0.25) is 0 Å². The lowest BCUT2D eigenvalue weighted by Gasteiger charge is -1.95. The molecule has 2 heterocycles. The monoisotopic (exact) mass is 304 g/mol. The lowest BCUT2D eigenvalue weighted by molar-refractivity contribution is 0.425. The van der Waals surface area contributed by atoms with E-state index in [0.717, 1.165) is 0 Å². The number of benzene rings is 1. The fraction of sp³-hybridized carbons (Fsp3) is 0.0769. The molecule has 106 valence electrons. The van der Waals surface area contributed by atoms with Crippen molar-refractivity contribution in [2.75, 3.05) is 0 Å². The second kappa shape index (κ2) is 5.88. The zero-order valence-corrected chi connectivity index (χ0v) is 11.4. The third-order valence-electron chi connectivity index (χ3n) is 2.55. The third kappa shape index (κ3) is 3.34. The van der Waals surface area contributed by atoms with Crippen LogP contribution in [-0.4, -0.2) is 20.1 Å². The molecule has 1 aromatic carbocycles. The standard InChI is InChI=1S/C13H9FN4O2S/c14-9-3-1-8(2-4-9)12-16-10(18-20-12)7-21-13-15-6-5-11(19)17-13/h1-6H,7H2,(H,15,17,19). The van der Waals surface area contributed by atoms with Gasteiger partial charge in [-0.15, -0.1) is 0 Å². The van der Waals surface area contributed by atoms with Crippen LogP contribution in [0.1, 0.15) is 5.82 Å². The van der Waals surface area contributed by atoms with Crippen molar-refractivity contribution in [3.8, 4) is 11.5 Å². The Labute approximate surface area is 122 Å². The minimum Gasteiger partial charge on any atom is -0.334 e. The Hall–Kier alpha value is -2.48. The van der Waals surface area contributed by atoms with Gasteiger partial charge in [0.15, 0.2) is 11.0 Å². The number of hydrogen-bond acceptors (Lipinski definition) is 6. The van der Waals surface area contributed by atoms with Crippen LogP contribution in [0.25, 0.3) is 11.5 Å². The number of aromatic amines is 1. The molecule has 0 unspecified atom stereocenters. The van der Waals surface area contributed by atoms with Gasteiger partial charge in [0.2, 0.25) is 0 Å². The molecule has 0 fully saturated rings. The van der Waals surface area contributed by atoms with Crippen molar-refractivity contribution in [3.63, 3.8) is 0 Å². The number of H-pyrrole nitrogens is 1. The first-order chi connectivity index (χ1) is 10.2. The highest BCUT2D eigenvalue weighted by Gasteiger charge is 2.09. The van der Waals surface area contributed by atoms with Crippen molar-refractivity contribution in [1.82, 2.24) is 20.1 Å². The fourth-order valence-electron chi connectivity index (χ4n) is 1.58. The minimum absolute atomic E-state index is 0.215. The number of hydrogen-bond donors (Lipinski definition) is 1. The number of nitrogens with zero attached hydrogens (tertiary/aromatic N) is 3. The first-order valence-electron chi connectivity index (χ1n) is 5.97. The summed E-state index contributed by atoms with van der Waals surface area (Å²) >= 11 is 1.29. The van der Waals surface area contributed by atoms with Gasteiger partial charge in [0.05, 0.1) is 5.75 Å². The highest BCUT2D eigenvalue weighted by Crippen LogP contribution is 2.20. The molecule has 0 aliphatic heterocycles. The summed E-state index contributed by atoms with van der Waals surface area (Å²) in [6.45, 7) is 0. The van der Waals surface area contributed by atoms with Gasteiger partial charge in [0.1, 0.15) is 5.82 Å². The highest BCUT2D eigenvalue weighted by atomic mass is 32.2. The van der Waals surface area contributed by atoms with Gasteiger partial charge in [-0.2, -0.15) is 4.98 Å². The summed E-state index contributed by atoms with van der Waals surface area (Å²) in [4.78, 5) is 21.9. The van der Waals surface area contributed by atoms with E-state index in [4.69, 9.17) is 4.52 Å². The number of nitrogens with one attached hydrogen (secondary N) is 1. The molecule has 0 saturated heterocycles. The average molecular weight is 304 g/mol. The van der Waals surface area contributed by atoms with Crippen molar-refractivity contribution in [3.05, 3.63) is 58.5 Å². The molecule has 21 heavy (non-hydrogen) atoms. The van der Waals surface area contributed by atoms with Crippen LogP contribution in [0.15, 0.2) is 51.0 Å². The fourth-order valence-corrected chi connectivity index (χ4v) is 2.27. The van der Waals surface area contributed by atoms with Crippen LogP contribution >= 0.6 is 11.8 Å². The summed E-state index contributed by atoms with van der Waals surface area (Å²) in [5.41, 5.74) is 0.430. The number of halogens is 1. The molecular formula is C13H9FN4O2S. The van der Waals surface area contributed by atoms with E-state index >= 15 is 0 Å². The Morgan fingerprint density at radius 3 is 2.81 bits per heavy atom. The molecule has 0 radical (unpaired) electrons. The normalized spacial score (nSPS) is 10.7. The van der Waals surface area contributed by atoms with Gasteiger partial charge in [-0.3, -0.25) is 4.79 Å². The second-order valence-electron chi connectivity index (χ2n) is 4.05. The maximum absolute atomic E-state index is 12.8. The van der Waals surface area contributed by atoms with Gasteiger partial charge in [-0.25, -0.2) is 9.37 Å². The maximum atomic E-state index is 12.8. The van der Waals surface area contributed by atoms with E-state index < -0.39 is 0 Å². The first kappa shape index (κ1) is 13.5. The van der Waals surface area contributed by atoms with Crippen LogP contribution < -0.4 is 5.56 Å². The minimum atomic E-state index is -0.326. The molecule has 0 amide bonds. The van der Waals surface area contributed by atoms with Crippen LogP contribution in [-0.2, 0) is 5.75 Å². The number of rotatable bonds is 4. The van der Waals surface area contributed by atoms with Gasteiger partial charge in [0, 0.05) is 17.8 Å². The first-order valence-corrected chi connectivity index (χ1v) is 6.96. The predicted molar refractivity (Wildman–Crippen MR) is 74.1 cm³/mol. The molecule has 0 bridgehead atoms. The van der Waals surface area contributed by atoms with Gasteiger partial charge in [-0.05, 0) is 24.3 Å². The number of thioether (sulfide) groups is 1. The molecule has 0 spiro atoms. The van der Waals surface area contributed by atoms with Crippen molar-refractivity contribution in [2.45, 2.75) is 10.9 Å². The van der Waals surface area contributed by atoms with E-state index in [2.05, 4.69) is 20.1 Å². The molecule has 0 aliphatic carbocycles. The Morgan fingerprint density at radius 1 is 1.24 bits per heavy atom. The Kier molecular flexibility index (Phi) is 3.78. The molecule has 0 atom stereocenters. The summed E-state index contributed by atoms with van der Waals surface area (Å²) < 4.78 is 18.0. The average Bonchev–Trinajstić information content (AvgIpc) is 2.95. The summed E-state index contributed by atoms with van der Waals surface area (Å²) in [6.07, 6.45) is 1.43. The van der Waals surface area contributed by atoms with Crippen molar-refractivity contribution in [2.24, 2.45) is 0 Å². The Bertz CT molecular complexity index is 800. The molecule has 0 saturated carbocycles. The smallest absolute Gasteiger partial charge is 0.257 e. The quantitative estimate of drug-likeness (QED) is 0.588. The van der Waals surface area contributed by atoms with Crippen molar-refractivity contribution >= 4 is 11.8 Å². The molecule has 0 aliphatic rings. The molecule has 3 aromatic rings. The van der Waals surface area contributed by atoms with E-state index in [1.54, 1.807) is 12.1 Å². The van der Waals surface area contributed by atoms with E-state index in [0.29, 0.717) is 28.2 Å². The van der Waals surface area contributed by atoms with Crippen molar-refractivity contribution in [1.29, 1.82) is 0 Å². The van der Waals surface area contributed by atoms with Crippen LogP contribution in [0.3, 0.4) is 0 Å². The van der Waals surface area contributed by atoms with E-state index in [-0.39, 0.29) is 11.4 Å². The molecule has 3 rings (SSSR count). The lowest BCUT2D eigenvalue weighted by atomic mass is 10.2. The van der Waals surface area contributed by atoms with Crippen LogP contribution in [0.4, 0.5) is 4.39 Å². The van der Waals surface area contributed by atoms with Gasteiger partial charge < -0.3 is 9.51 Å². The van der Waals surface area contributed by atoms with Crippen LogP contribution in [0, 0.1) is 5.82 Å². The Morgan fingerprint density at radius 2 is 2.05 bits per heavy atom. The largest absolute Gasteiger partial charge is 0.334 e. The summed E-state index contributed by atoms with van der Waals surface area (Å²) in [5.74, 6) is 0.858. The zero-order chi connectivity index (χ0) is 14.7. The lowest BCUT2D eigenvalue weighted by Crippen LogP contribution is -2.05. The topological polar surface area (TPSA) is 84.7 Å². The third-order valence-corrected chi connectivity index (χ3v) is 3.43. The second-order valence-corrected chi connectivity index (χ2v) is 5.01. The molecule has 1 N–H and O–H groups in total. The van der Waals surface area contributed by atoms with E-state index in [1.807, 2.05) is 0 Å². The van der Waals surface area contributed by atoms with Gasteiger partial charge in [-0.1, -0.05) is 16.9 Å². The summed E-state index contributed by atoms with van der Waals surface area (Å²) in [7, 11) is 0. The maximum Gasteiger partial charge on any atom is 0.257 e. The highest BCUT2D eigenvalue weighted by molar-refractivity contribution is 7.98. The summed E-state index contributed by atoms with van der Waals surface area (Å²) in [5, 5.41) is 4.31. The predicted octanol–water partition coefficient (Wildman–Crippen LogP) is 2.25. The molecule has 8 heteroatoms. The Balaban J connectivity index is 1.70. The van der Waals surface area contributed by atoms with Crippen LogP contribution in [0.5, 0.6) is 0 Å². The molecular weight excluding hydrogens is 295 g/mol. The van der Waals surface area contributed by atoms with Gasteiger partial charge in [0.25, 0.3) is 11.4 Å².